The monoisotopic (exact) mass is 440 g/mol. The van der Waals surface area contributed by atoms with Crippen LogP contribution in [0, 0.1) is 0 Å². The minimum absolute atomic E-state index is 0.224. The zero-order valence-electron chi connectivity index (χ0n) is 16.2. The zero-order valence-corrected chi connectivity index (χ0v) is 16.2. The number of nitrogens with zero attached hydrogens (tertiary/aromatic N) is 5. The fourth-order valence-electron chi connectivity index (χ4n) is 3.59. The molecular weight excluding hydrogens is 423 g/mol. The molecule has 1 atom stereocenters. The Morgan fingerprint density at radius 2 is 2.03 bits per heavy atom. The maximum absolute atomic E-state index is 13.2. The number of hydrogen-bond donors (Lipinski definition) is 1. The smallest absolute Gasteiger partial charge is 0.344 e. The average molecular weight is 440 g/mol. The van der Waals surface area contributed by atoms with Gasteiger partial charge in [-0.3, -0.25) is 19.1 Å². The van der Waals surface area contributed by atoms with Crippen molar-refractivity contribution in [1.82, 2.24) is 29.9 Å². The quantitative estimate of drug-likeness (QED) is 0.625. The van der Waals surface area contributed by atoms with Gasteiger partial charge in [-0.25, -0.2) is 8.78 Å². The molecule has 1 amide bonds. The van der Waals surface area contributed by atoms with Crippen molar-refractivity contribution in [3.8, 4) is 11.3 Å². The second kappa shape index (κ2) is 7.75. The van der Waals surface area contributed by atoms with Gasteiger partial charge in [0.05, 0.1) is 23.0 Å². The third-order valence-electron chi connectivity index (χ3n) is 4.99. The molecule has 164 valence electrons. The Balaban J connectivity index is 1.61. The highest BCUT2D eigenvalue weighted by Gasteiger charge is 2.33. The number of amides is 1. The van der Waals surface area contributed by atoms with Crippen LogP contribution >= 0.6 is 0 Å². The third kappa shape index (κ3) is 4.14. The van der Waals surface area contributed by atoms with E-state index in [-0.39, 0.29) is 11.1 Å². The number of nitrogens with one attached hydrogen (secondary N) is 1. The first-order valence-corrected chi connectivity index (χ1v) is 9.37. The summed E-state index contributed by atoms with van der Waals surface area (Å²) in [6, 6.07) is 3.39. The van der Waals surface area contributed by atoms with Gasteiger partial charge < -0.3 is 5.32 Å². The minimum Gasteiger partial charge on any atom is -0.344 e. The van der Waals surface area contributed by atoms with E-state index >= 15 is 0 Å². The SMILES string of the molecule is Cn1cc(C(=O)NC2CCCn3nc(-c4ccnc(C(F)(F)F)c4)cc32)c(C(F)F)n1. The van der Waals surface area contributed by atoms with E-state index in [1.165, 1.54) is 19.3 Å². The highest BCUT2D eigenvalue weighted by molar-refractivity contribution is 5.95. The number of aryl methyl sites for hydroxylation is 2. The molecule has 0 aromatic carbocycles. The molecule has 0 fully saturated rings. The summed E-state index contributed by atoms with van der Waals surface area (Å²) in [6.45, 7) is 0.522. The number of carbonyl (C=O) groups is 1. The van der Waals surface area contributed by atoms with Gasteiger partial charge in [-0.1, -0.05) is 0 Å². The Bertz CT molecular complexity index is 1120. The van der Waals surface area contributed by atoms with Crippen molar-refractivity contribution in [2.45, 2.75) is 38.0 Å². The van der Waals surface area contributed by atoms with Crippen molar-refractivity contribution in [3.05, 3.63) is 53.2 Å². The maximum atomic E-state index is 13.2. The van der Waals surface area contributed by atoms with E-state index in [4.69, 9.17) is 0 Å². The van der Waals surface area contributed by atoms with E-state index < -0.39 is 35.9 Å². The van der Waals surface area contributed by atoms with E-state index in [1.807, 2.05) is 0 Å². The van der Waals surface area contributed by atoms with Gasteiger partial charge in [-0.15, -0.1) is 0 Å². The highest BCUT2D eigenvalue weighted by atomic mass is 19.4. The lowest BCUT2D eigenvalue weighted by Gasteiger charge is -2.24. The van der Waals surface area contributed by atoms with Crippen LogP contribution in [0.1, 0.15) is 52.7 Å². The molecule has 31 heavy (non-hydrogen) atoms. The molecule has 1 N–H and O–H groups in total. The van der Waals surface area contributed by atoms with Gasteiger partial charge in [-0.05, 0) is 31.0 Å². The number of rotatable bonds is 4. The Labute approximate surface area is 172 Å². The lowest BCUT2D eigenvalue weighted by Crippen LogP contribution is -2.33. The first kappa shape index (κ1) is 20.9. The summed E-state index contributed by atoms with van der Waals surface area (Å²) in [5, 5.41) is 10.7. The van der Waals surface area contributed by atoms with Gasteiger partial charge in [0, 0.05) is 31.5 Å². The molecule has 0 spiro atoms. The summed E-state index contributed by atoms with van der Waals surface area (Å²) in [5.41, 5.74) is -0.737. The van der Waals surface area contributed by atoms with Crippen molar-refractivity contribution in [3.63, 3.8) is 0 Å². The van der Waals surface area contributed by atoms with E-state index in [1.54, 1.807) is 10.7 Å². The largest absolute Gasteiger partial charge is 0.433 e. The van der Waals surface area contributed by atoms with Crippen LogP contribution in [-0.2, 0) is 19.8 Å². The fraction of sp³-hybridized carbons (Fsp3) is 0.368. The van der Waals surface area contributed by atoms with Crippen molar-refractivity contribution in [2.24, 2.45) is 7.05 Å². The first-order chi connectivity index (χ1) is 14.6. The molecule has 0 saturated carbocycles. The standard InChI is InChI=1S/C19H17F5N6O/c1-29-9-11(16(28-29)17(20)21)18(31)26-12-3-2-6-30-14(12)8-13(27-30)10-4-5-25-15(7-10)19(22,23)24/h4-5,7-9,12,17H,2-3,6H2,1H3,(H,26,31). The minimum atomic E-state index is -4.59. The van der Waals surface area contributed by atoms with Crippen molar-refractivity contribution >= 4 is 5.91 Å². The summed E-state index contributed by atoms with van der Waals surface area (Å²) in [4.78, 5) is 16.0. The molecule has 0 radical (unpaired) electrons. The van der Waals surface area contributed by atoms with E-state index in [9.17, 15) is 26.7 Å². The molecule has 3 aromatic rings. The molecule has 7 nitrogen and oxygen atoms in total. The topological polar surface area (TPSA) is 77.6 Å². The second-order valence-electron chi connectivity index (χ2n) is 7.18. The van der Waals surface area contributed by atoms with Gasteiger partial charge in [0.15, 0.2) is 0 Å². The highest BCUT2D eigenvalue weighted by Crippen LogP contribution is 2.33. The van der Waals surface area contributed by atoms with Crippen molar-refractivity contribution in [2.75, 3.05) is 0 Å². The number of pyridine rings is 1. The normalized spacial score (nSPS) is 16.4. The molecule has 0 bridgehead atoms. The Morgan fingerprint density at radius 3 is 2.74 bits per heavy atom. The first-order valence-electron chi connectivity index (χ1n) is 9.37. The van der Waals surface area contributed by atoms with Crippen LogP contribution in [0.2, 0.25) is 0 Å². The molecule has 4 heterocycles. The van der Waals surface area contributed by atoms with E-state index in [0.29, 0.717) is 30.8 Å². The van der Waals surface area contributed by atoms with Crippen molar-refractivity contribution < 1.29 is 26.7 Å². The van der Waals surface area contributed by atoms with Gasteiger partial charge in [0.2, 0.25) is 0 Å². The van der Waals surface area contributed by atoms with Crippen LogP contribution in [0.25, 0.3) is 11.3 Å². The molecule has 0 aliphatic carbocycles. The van der Waals surface area contributed by atoms with Crippen molar-refractivity contribution in [1.29, 1.82) is 0 Å². The predicted octanol–water partition coefficient (Wildman–Crippen LogP) is 3.90. The number of alkyl halides is 5. The molecule has 1 aliphatic heterocycles. The average Bonchev–Trinajstić information content (AvgIpc) is 3.32. The third-order valence-corrected chi connectivity index (χ3v) is 4.99. The number of halogens is 5. The zero-order chi connectivity index (χ0) is 22.3. The van der Waals surface area contributed by atoms with Gasteiger partial charge in [0.1, 0.15) is 11.4 Å². The number of carbonyl (C=O) groups excluding carboxylic acids is 1. The van der Waals surface area contributed by atoms with Crippen LogP contribution in [0.15, 0.2) is 30.6 Å². The summed E-state index contributed by atoms with van der Waals surface area (Å²) >= 11 is 0. The lowest BCUT2D eigenvalue weighted by atomic mass is 10.0. The molecule has 0 saturated heterocycles. The molecule has 1 unspecified atom stereocenters. The maximum Gasteiger partial charge on any atom is 0.433 e. The summed E-state index contributed by atoms with van der Waals surface area (Å²) in [5.74, 6) is -0.701. The Kier molecular flexibility index (Phi) is 5.23. The van der Waals surface area contributed by atoms with Gasteiger partial charge >= 0.3 is 6.18 Å². The van der Waals surface area contributed by atoms with Crippen LogP contribution in [0.4, 0.5) is 22.0 Å². The summed E-state index contributed by atoms with van der Waals surface area (Å²) in [6.07, 6.45) is -4.02. The lowest BCUT2D eigenvalue weighted by molar-refractivity contribution is -0.141. The number of hydrogen-bond acceptors (Lipinski definition) is 4. The molecule has 12 heteroatoms. The van der Waals surface area contributed by atoms with Crippen LogP contribution < -0.4 is 5.32 Å². The molecule has 4 rings (SSSR count). The molecular formula is C19H17F5N6O. The van der Waals surface area contributed by atoms with E-state index in [2.05, 4.69) is 20.5 Å². The predicted molar refractivity (Wildman–Crippen MR) is 98.1 cm³/mol. The van der Waals surface area contributed by atoms with Crippen LogP contribution in [0.3, 0.4) is 0 Å². The number of aromatic nitrogens is 5. The molecule has 3 aromatic heterocycles. The van der Waals surface area contributed by atoms with Gasteiger partial charge in [0.25, 0.3) is 12.3 Å². The Hall–Kier alpha value is -3.31. The van der Waals surface area contributed by atoms with Crippen LogP contribution in [-0.4, -0.2) is 30.5 Å². The van der Waals surface area contributed by atoms with Gasteiger partial charge in [-0.2, -0.15) is 23.4 Å². The van der Waals surface area contributed by atoms with E-state index in [0.717, 1.165) is 16.9 Å². The summed E-state index contributed by atoms with van der Waals surface area (Å²) < 4.78 is 68.0. The number of fused-ring (bicyclic) bond motifs is 1. The summed E-state index contributed by atoms with van der Waals surface area (Å²) in [7, 11) is 1.44. The molecule has 1 aliphatic rings. The Morgan fingerprint density at radius 1 is 1.26 bits per heavy atom. The fourth-order valence-corrected chi connectivity index (χ4v) is 3.59. The second-order valence-corrected chi connectivity index (χ2v) is 7.18. The van der Waals surface area contributed by atoms with Crippen LogP contribution in [0.5, 0.6) is 0 Å².